The third-order valence-electron chi connectivity index (χ3n) is 4.52. The molecule has 0 spiro atoms. The van der Waals surface area contributed by atoms with Crippen LogP contribution in [0.5, 0.6) is 0 Å². The summed E-state index contributed by atoms with van der Waals surface area (Å²) < 4.78 is 1.20. The molecule has 25 heavy (non-hydrogen) atoms. The number of carbonyl (C=O) groups excluding carboxylic acids is 1. The standard InChI is InChI=1S/C19H17N3O2S/c1-21-17(23)8-7-15(20-21)19(24)22-11-9-16-14(10-12-25-16)18(22)13-5-3-2-4-6-13/h2-8,10,12,18H,9,11H2,1H3/t18-/m0/s1. The molecule has 1 atom stereocenters. The van der Waals surface area contributed by atoms with Crippen molar-refractivity contribution in [3.05, 3.63) is 86.0 Å². The summed E-state index contributed by atoms with van der Waals surface area (Å²) in [5.41, 5.74) is 2.33. The van der Waals surface area contributed by atoms with Crippen molar-refractivity contribution in [2.75, 3.05) is 6.54 Å². The molecule has 0 radical (unpaired) electrons. The molecule has 2 aromatic heterocycles. The number of benzene rings is 1. The van der Waals surface area contributed by atoms with Gasteiger partial charge >= 0.3 is 0 Å². The number of hydrogen-bond acceptors (Lipinski definition) is 4. The molecule has 1 aliphatic rings. The van der Waals surface area contributed by atoms with E-state index in [4.69, 9.17) is 0 Å². The summed E-state index contributed by atoms with van der Waals surface area (Å²) >= 11 is 1.74. The smallest absolute Gasteiger partial charge is 0.275 e. The zero-order chi connectivity index (χ0) is 17.4. The molecular formula is C19H17N3O2S. The molecule has 6 heteroatoms. The summed E-state index contributed by atoms with van der Waals surface area (Å²) in [6.45, 7) is 0.635. The first kappa shape index (κ1) is 15.8. The van der Waals surface area contributed by atoms with Crippen molar-refractivity contribution in [2.45, 2.75) is 12.5 Å². The lowest BCUT2D eigenvalue weighted by Gasteiger charge is -2.36. The number of amides is 1. The summed E-state index contributed by atoms with van der Waals surface area (Å²) in [6.07, 6.45) is 0.841. The van der Waals surface area contributed by atoms with Gasteiger partial charge in [-0.3, -0.25) is 9.59 Å². The maximum Gasteiger partial charge on any atom is 0.275 e. The number of thiophene rings is 1. The van der Waals surface area contributed by atoms with Crippen LogP contribution in [0.1, 0.15) is 32.5 Å². The highest BCUT2D eigenvalue weighted by atomic mass is 32.1. The van der Waals surface area contributed by atoms with E-state index in [9.17, 15) is 9.59 Å². The second-order valence-corrected chi connectivity index (χ2v) is 7.04. The molecule has 0 N–H and O–H groups in total. The molecule has 1 amide bonds. The Balaban J connectivity index is 1.78. The molecule has 0 aliphatic carbocycles. The number of rotatable bonds is 2. The number of carbonyl (C=O) groups is 1. The third kappa shape index (κ3) is 2.78. The van der Waals surface area contributed by atoms with Gasteiger partial charge in [0.2, 0.25) is 0 Å². The van der Waals surface area contributed by atoms with E-state index in [2.05, 4.69) is 16.5 Å². The molecule has 3 heterocycles. The van der Waals surface area contributed by atoms with Gasteiger partial charge < -0.3 is 4.90 Å². The number of hydrogen-bond donors (Lipinski definition) is 0. The van der Waals surface area contributed by atoms with Gasteiger partial charge in [0, 0.05) is 24.5 Å². The predicted molar refractivity (Wildman–Crippen MR) is 96.8 cm³/mol. The summed E-state index contributed by atoms with van der Waals surface area (Å²) in [5.74, 6) is -0.152. The Morgan fingerprint density at radius 1 is 1.16 bits per heavy atom. The van der Waals surface area contributed by atoms with Gasteiger partial charge in [0.05, 0.1) is 6.04 Å². The van der Waals surface area contributed by atoms with E-state index < -0.39 is 0 Å². The van der Waals surface area contributed by atoms with E-state index in [0.29, 0.717) is 12.2 Å². The molecule has 1 aliphatic heterocycles. The van der Waals surface area contributed by atoms with E-state index in [1.807, 2.05) is 35.2 Å². The van der Waals surface area contributed by atoms with Gasteiger partial charge in [-0.05, 0) is 35.1 Å². The number of aromatic nitrogens is 2. The Hall–Kier alpha value is -2.73. The molecule has 0 fully saturated rings. The molecule has 3 aromatic rings. The van der Waals surface area contributed by atoms with E-state index in [1.54, 1.807) is 18.4 Å². The summed E-state index contributed by atoms with van der Waals surface area (Å²) in [6, 6.07) is 14.9. The van der Waals surface area contributed by atoms with Crippen molar-refractivity contribution in [3.8, 4) is 0 Å². The van der Waals surface area contributed by atoms with Crippen molar-refractivity contribution in [1.82, 2.24) is 14.7 Å². The monoisotopic (exact) mass is 351 g/mol. The highest BCUT2D eigenvalue weighted by Crippen LogP contribution is 2.38. The van der Waals surface area contributed by atoms with Crippen LogP contribution in [-0.2, 0) is 13.5 Å². The summed E-state index contributed by atoms with van der Waals surface area (Å²) in [5, 5.41) is 6.22. The third-order valence-corrected chi connectivity index (χ3v) is 5.52. The van der Waals surface area contributed by atoms with Gasteiger partial charge in [-0.15, -0.1) is 11.3 Å². The lowest BCUT2D eigenvalue weighted by atomic mass is 9.93. The van der Waals surface area contributed by atoms with Gasteiger partial charge in [-0.2, -0.15) is 5.10 Å². The van der Waals surface area contributed by atoms with Crippen molar-refractivity contribution in [1.29, 1.82) is 0 Å². The van der Waals surface area contributed by atoms with Crippen LogP contribution < -0.4 is 5.56 Å². The molecule has 0 unspecified atom stereocenters. The van der Waals surface area contributed by atoms with Crippen LogP contribution >= 0.6 is 11.3 Å². The maximum atomic E-state index is 13.1. The van der Waals surface area contributed by atoms with Gasteiger partial charge in [-0.1, -0.05) is 30.3 Å². The first-order valence-corrected chi connectivity index (χ1v) is 8.99. The largest absolute Gasteiger partial charge is 0.326 e. The van der Waals surface area contributed by atoms with Gasteiger partial charge in [0.25, 0.3) is 11.5 Å². The van der Waals surface area contributed by atoms with Crippen LogP contribution in [0.15, 0.2) is 58.7 Å². The highest BCUT2D eigenvalue weighted by molar-refractivity contribution is 7.10. The van der Waals surface area contributed by atoms with Gasteiger partial charge in [0.15, 0.2) is 0 Å². The molecule has 4 rings (SSSR count). The summed E-state index contributed by atoms with van der Waals surface area (Å²) in [7, 11) is 1.56. The lowest BCUT2D eigenvalue weighted by Crippen LogP contribution is -2.41. The fraction of sp³-hybridized carbons (Fsp3) is 0.211. The van der Waals surface area contributed by atoms with Crippen LogP contribution in [0.2, 0.25) is 0 Å². The van der Waals surface area contributed by atoms with E-state index in [1.165, 1.54) is 27.3 Å². The molecule has 0 saturated heterocycles. The second-order valence-electron chi connectivity index (χ2n) is 6.04. The molecule has 126 valence electrons. The van der Waals surface area contributed by atoms with Crippen LogP contribution in [0.4, 0.5) is 0 Å². The number of fused-ring (bicyclic) bond motifs is 1. The van der Waals surface area contributed by atoms with E-state index in [-0.39, 0.29) is 17.5 Å². The molecular weight excluding hydrogens is 334 g/mol. The SMILES string of the molecule is Cn1nc(C(=O)N2CCc3sccc3[C@@H]2c2ccccc2)ccc1=O. The van der Waals surface area contributed by atoms with E-state index >= 15 is 0 Å². The Labute approximate surface area is 149 Å². The molecule has 0 bridgehead atoms. The van der Waals surface area contributed by atoms with Crippen LogP contribution in [0, 0.1) is 0 Å². The zero-order valence-electron chi connectivity index (χ0n) is 13.8. The zero-order valence-corrected chi connectivity index (χ0v) is 14.6. The first-order chi connectivity index (χ1) is 12.1. The Kier molecular flexibility index (Phi) is 3.97. The van der Waals surface area contributed by atoms with Gasteiger partial charge in [0.1, 0.15) is 5.69 Å². The lowest BCUT2D eigenvalue weighted by molar-refractivity contribution is 0.0687. The number of aryl methyl sites for hydroxylation is 1. The Morgan fingerprint density at radius 2 is 1.96 bits per heavy atom. The first-order valence-electron chi connectivity index (χ1n) is 8.11. The van der Waals surface area contributed by atoms with Crippen molar-refractivity contribution >= 4 is 17.2 Å². The number of nitrogens with zero attached hydrogens (tertiary/aromatic N) is 3. The topological polar surface area (TPSA) is 55.2 Å². The minimum Gasteiger partial charge on any atom is -0.326 e. The van der Waals surface area contributed by atoms with Crippen LogP contribution in [0.25, 0.3) is 0 Å². The predicted octanol–water partition coefficient (Wildman–Crippen LogP) is 2.63. The van der Waals surface area contributed by atoms with Crippen LogP contribution in [-0.4, -0.2) is 27.1 Å². The normalized spacial score (nSPS) is 16.5. The van der Waals surface area contributed by atoms with Crippen molar-refractivity contribution < 1.29 is 4.79 Å². The van der Waals surface area contributed by atoms with Crippen molar-refractivity contribution in [3.63, 3.8) is 0 Å². The quantitative estimate of drug-likeness (QED) is 0.713. The average molecular weight is 351 g/mol. The fourth-order valence-electron chi connectivity index (χ4n) is 3.29. The highest BCUT2D eigenvalue weighted by Gasteiger charge is 2.33. The van der Waals surface area contributed by atoms with Crippen LogP contribution in [0.3, 0.4) is 0 Å². The summed E-state index contributed by atoms with van der Waals surface area (Å²) in [4.78, 5) is 27.9. The molecule has 5 nitrogen and oxygen atoms in total. The average Bonchev–Trinajstić information content (AvgIpc) is 3.12. The fourth-order valence-corrected chi connectivity index (χ4v) is 4.20. The molecule has 1 aromatic carbocycles. The maximum absolute atomic E-state index is 13.1. The Morgan fingerprint density at radius 3 is 2.72 bits per heavy atom. The van der Waals surface area contributed by atoms with Gasteiger partial charge in [-0.25, -0.2) is 4.68 Å². The Bertz CT molecular complexity index is 978. The minimum absolute atomic E-state index is 0.122. The second kappa shape index (κ2) is 6.29. The minimum atomic E-state index is -0.227. The van der Waals surface area contributed by atoms with E-state index in [0.717, 1.165) is 12.0 Å². The van der Waals surface area contributed by atoms with Crippen molar-refractivity contribution in [2.24, 2.45) is 7.05 Å². The molecule has 0 saturated carbocycles.